The molecule has 0 amide bonds. The Hall–Kier alpha value is -2.87. The van der Waals surface area contributed by atoms with Gasteiger partial charge in [0.1, 0.15) is 0 Å². The molecule has 0 saturated carbocycles. The molecule has 0 saturated heterocycles. The van der Waals surface area contributed by atoms with Gasteiger partial charge in [-0.05, 0) is 6.42 Å². The average molecular weight is 286 g/mol. The Morgan fingerprint density at radius 2 is 2.00 bits per heavy atom. The van der Waals surface area contributed by atoms with Crippen LogP contribution in [0.15, 0.2) is 15.9 Å². The van der Waals surface area contributed by atoms with Gasteiger partial charge >= 0.3 is 5.69 Å². The molecular formula is C13H14N6O2. The van der Waals surface area contributed by atoms with E-state index in [4.69, 9.17) is 10.5 Å². The Kier molecular flexibility index (Phi) is 3.90. The van der Waals surface area contributed by atoms with E-state index in [2.05, 4.69) is 11.1 Å². The Morgan fingerprint density at radius 3 is 2.62 bits per heavy atom. The summed E-state index contributed by atoms with van der Waals surface area (Å²) < 4.78 is 3.88. The SMILES string of the molecule is Cn1c(=O)c2c(ncn2C[C@H](C#N)CCC#N)n(C)c1=O. The number of hydrogen-bond acceptors (Lipinski definition) is 5. The molecule has 2 aromatic heterocycles. The molecule has 0 aliphatic rings. The maximum absolute atomic E-state index is 12.2. The third-order valence-electron chi connectivity index (χ3n) is 3.42. The minimum Gasteiger partial charge on any atom is -0.323 e. The third-order valence-corrected chi connectivity index (χ3v) is 3.42. The Morgan fingerprint density at radius 1 is 1.29 bits per heavy atom. The van der Waals surface area contributed by atoms with E-state index in [-0.39, 0.29) is 24.4 Å². The zero-order valence-electron chi connectivity index (χ0n) is 11.8. The molecule has 0 aliphatic heterocycles. The fourth-order valence-corrected chi connectivity index (χ4v) is 2.21. The lowest BCUT2D eigenvalue weighted by Gasteiger charge is -2.09. The third kappa shape index (κ3) is 2.43. The lowest BCUT2D eigenvalue weighted by Crippen LogP contribution is -2.37. The summed E-state index contributed by atoms with van der Waals surface area (Å²) in [5, 5.41) is 17.7. The molecule has 1 atom stereocenters. The second-order valence-electron chi connectivity index (χ2n) is 4.80. The number of rotatable bonds is 4. The molecule has 0 bridgehead atoms. The van der Waals surface area contributed by atoms with Crippen molar-refractivity contribution >= 4 is 11.2 Å². The van der Waals surface area contributed by atoms with Crippen LogP contribution >= 0.6 is 0 Å². The molecule has 2 heterocycles. The minimum atomic E-state index is -0.445. The highest BCUT2D eigenvalue weighted by Gasteiger charge is 2.16. The van der Waals surface area contributed by atoms with E-state index in [0.29, 0.717) is 12.1 Å². The van der Waals surface area contributed by atoms with Crippen molar-refractivity contribution in [2.45, 2.75) is 19.4 Å². The Balaban J connectivity index is 2.53. The topological polar surface area (TPSA) is 109 Å². The van der Waals surface area contributed by atoms with Gasteiger partial charge < -0.3 is 4.57 Å². The summed E-state index contributed by atoms with van der Waals surface area (Å²) in [6.45, 7) is 0.266. The first-order chi connectivity index (χ1) is 10.0. The van der Waals surface area contributed by atoms with Crippen molar-refractivity contribution in [1.82, 2.24) is 18.7 Å². The number of imidazole rings is 1. The van der Waals surface area contributed by atoms with Gasteiger partial charge in [-0.3, -0.25) is 13.9 Å². The summed E-state index contributed by atoms with van der Waals surface area (Å²) in [6.07, 6.45) is 2.16. The van der Waals surface area contributed by atoms with Crippen molar-refractivity contribution in [3.8, 4) is 12.1 Å². The normalized spacial score (nSPS) is 12.0. The quantitative estimate of drug-likeness (QED) is 0.778. The van der Waals surface area contributed by atoms with Gasteiger partial charge in [-0.25, -0.2) is 9.78 Å². The van der Waals surface area contributed by atoms with Crippen molar-refractivity contribution in [3.63, 3.8) is 0 Å². The van der Waals surface area contributed by atoms with E-state index in [1.165, 1.54) is 17.9 Å². The summed E-state index contributed by atoms with van der Waals surface area (Å²) in [5.41, 5.74) is -0.307. The molecule has 108 valence electrons. The molecule has 0 radical (unpaired) electrons. The molecule has 0 aliphatic carbocycles. The lowest BCUT2D eigenvalue weighted by molar-refractivity contribution is 0.517. The van der Waals surface area contributed by atoms with Gasteiger partial charge in [0, 0.05) is 27.1 Å². The predicted octanol–water partition coefficient (Wildman–Crippen LogP) is -0.123. The summed E-state index contributed by atoms with van der Waals surface area (Å²) in [4.78, 5) is 28.1. The molecule has 0 fully saturated rings. The van der Waals surface area contributed by atoms with E-state index in [0.717, 1.165) is 4.57 Å². The van der Waals surface area contributed by atoms with Crippen molar-refractivity contribution in [1.29, 1.82) is 10.5 Å². The number of aromatic nitrogens is 4. The molecular weight excluding hydrogens is 272 g/mol. The van der Waals surface area contributed by atoms with Crippen LogP contribution in [0.2, 0.25) is 0 Å². The number of nitrogens with zero attached hydrogens (tertiary/aromatic N) is 6. The standard InChI is InChI=1S/C13H14N6O2/c1-17-11-10(12(20)18(2)13(17)21)19(8-16-11)7-9(6-15)4-3-5-14/h8-9H,3-4,7H2,1-2H3/t9-/m0/s1. The monoisotopic (exact) mass is 286 g/mol. The maximum atomic E-state index is 12.2. The summed E-state index contributed by atoms with van der Waals surface area (Å²) >= 11 is 0. The van der Waals surface area contributed by atoms with Crippen LogP contribution in [0, 0.1) is 28.6 Å². The van der Waals surface area contributed by atoms with Gasteiger partial charge in [-0.1, -0.05) is 0 Å². The first-order valence-corrected chi connectivity index (χ1v) is 6.38. The second kappa shape index (κ2) is 5.63. The highest BCUT2D eigenvalue weighted by Crippen LogP contribution is 2.12. The minimum absolute atomic E-state index is 0.266. The first kappa shape index (κ1) is 14.5. The predicted molar refractivity (Wildman–Crippen MR) is 74.2 cm³/mol. The Labute approximate surface area is 120 Å². The van der Waals surface area contributed by atoms with Crippen LogP contribution in [-0.2, 0) is 20.6 Å². The van der Waals surface area contributed by atoms with E-state index in [1.54, 1.807) is 11.6 Å². The molecule has 8 heteroatoms. The molecule has 0 N–H and O–H groups in total. The van der Waals surface area contributed by atoms with E-state index in [9.17, 15) is 9.59 Å². The average Bonchev–Trinajstić information content (AvgIpc) is 2.90. The van der Waals surface area contributed by atoms with Crippen LogP contribution in [0.1, 0.15) is 12.8 Å². The van der Waals surface area contributed by atoms with Crippen molar-refractivity contribution in [2.24, 2.45) is 20.0 Å². The van der Waals surface area contributed by atoms with Gasteiger partial charge in [-0.15, -0.1) is 0 Å². The van der Waals surface area contributed by atoms with Crippen LogP contribution in [-0.4, -0.2) is 18.7 Å². The number of aryl methyl sites for hydroxylation is 1. The first-order valence-electron chi connectivity index (χ1n) is 6.38. The van der Waals surface area contributed by atoms with Crippen LogP contribution in [0.4, 0.5) is 0 Å². The van der Waals surface area contributed by atoms with Gasteiger partial charge in [0.2, 0.25) is 0 Å². The van der Waals surface area contributed by atoms with Gasteiger partial charge in [0.15, 0.2) is 11.2 Å². The van der Waals surface area contributed by atoms with Crippen molar-refractivity contribution < 1.29 is 0 Å². The van der Waals surface area contributed by atoms with Crippen LogP contribution in [0.3, 0.4) is 0 Å². The second-order valence-corrected chi connectivity index (χ2v) is 4.80. The van der Waals surface area contributed by atoms with Gasteiger partial charge in [0.25, 0.3) is 5.56 Å². The molecule has 8 nitrogen and oxygen atoms in total. The zero-order valence-corrected chi connectivity index (χ0v) is 11.8. The summed E-state index contributed by atoms with van der Waals surface area (Å²) in [6, 6.07) is 4.12. The lowest BCUT2D eigenvalue weighted by atomic mass is 10.1. The molecule has 2 rings (SSSR count). The zero-order chi connectivity index (χ0) is 15.6. The number of fused-ring (bicyclic) bond motifs is 1. The van der Waals surface area contributed by atoms with Crippen LogP contribution in [0.25, 0.3) is 11.2 Å². The fraction of sp³-hybridized carbons (Fsp3) is 0.462. The number of nitriles is 2. The Bertz CT molecular complexity index is 873. The van der Waals surface area contributed by atoms with Crippen LogP contribution in [0.5, 0.6) is 0 Å². The smallest absolute Gasteiger partial charge is 0.323 e. The summed E-state index contributed by atoms with van der Waals surface area (Å²) in [5.74, 6) is -0.385. The van der Waals surface area contributed by atoms with E-state index >= 15 is 0 Å². The fourth-order valence-electron chi connectivity index (χ4n) is 2.21. The van der Waals surface area contributed by atoms with Crippen molar-refractivity contribution in [3.05, 3.63) is 27.2 Å². The molecule has 0 unspecified atom stereocenters. The highest BCUT2D eigenvalue weighted by molar-refractivity contribution is 5.69. The maximum Gasteiger partial charge on any atom is 0.332 e. The van der Waals surface area contributed by atoms with E-state index < -0.39 is 11.2 Å². The highest BCUT2D eigenvalue weighted by atomic mass is 16.2. The molecule has 0 spiro atoms. The molecule has 2 aromatic rings. The molecule has 0 aromatic carbocycles. The van der Waals surface area contributed by atoms with E-state index in [1.807, 2.05) is 6.07 Å². The molecule has 21 heavy (non-hydrogen) atoms. The number of hydrogen-bond donors (Lipinski definition) is 0. The van der Waals surface area contributed by atoms with Crippen LogP contribution < -0.4 is 11.2 Å². The van der Waals surface area contributed by atoms with Crippen molar-refractivity contribution in [2.75, 3.05) is 0 Å². The van der Waals surface area contributed by atoms with Gasteiger partial charge in [0.05, 0.1) is 24.4 Å². The summed E-state index contributed by atoms with van der Waals surface area (Å²) in [7, 11) is 2.94. The van der Waals surface area contributed by atoms with Gasteiger partial charge in [-0.2, -0.15) is 10.5 Å². The largest absolute Gasteiger partial charge is 0.332 e.